The molecule has 8 heteroatoms. The summed E-state index contributed by atoms with van der Waals surface area (Å²) in [6, 6.07) is 3.05. The van der Waals surface area contributed by atoms with Gasteiger partial charge in [-0.05, 0) is 45.4 Å². The van der Waals surface area contributed by atoms with Crippen LogP contribution in [-0.4, -0.2) is 21.1 Å². The first-order chi connectivity index (χ1) is 12.3. The lowest BCUT2D eigenvalue weighted by Gasteiger charge is -2.13. The molecule has 0 fully saturated rings. The van der Waals surface area contributed by atoms with Gasteiger partial charge in [0.2, 0.25) is 5.91 Å². The van der Waals surface area contributed by atoms with Crippen LogP contribution < -0.4 is 5.32 Å². The number of thiophene rings is 1. The Morgan fingerprint density at radius 2 is 1.96 bits per heavy atom. The second kappa shape index (κ2) is 7.28. The fraction of sp³-hybridized carbons (Fsp3) is 0.278. The van der Waals surface area contributed by atoms with E-state index >= 15 is 0 Å². The predicted molar refractivity (Wildman–Crippen MR) is 102 cm³/mol. The van der Waals surface area contributed by atoms with Gasteiger partial charge in [0.1, 0.15) is 27.3 Å². The summed E-state index contributed by atoms with van der Waals surface area (Å²) in [5.74, 6) is -1.24. The van der Waals surface area contributed by atoms with Crippen molar-refractivity contribution in [2.75, 3.05) is 5.32 Å². The smallest absolute Gasteiger partial charge is 0.237 e. The third kappa shape index (κ3) is 3.71. The maximum atomic E-state index is 13.7. The Morgan fingerprint density at radius 3 is 2.65 bits per heavy atom. The lowest BCUT2D eigenvalue weighted by atomic mass is 10.2. The first kappa shape index (κ1) is 18.7. The molecule has 0 unspecified atom stereocenters. The second-order valence-electron chi connectivity index (χ2n) is 5.91. The molecule has 1 atom stereocenters. The van der Waals surface area contributed by atoms with Crippen molar-refractivity contribution in [1.82, 2.24) is 9.97 Å². The highest BCUT2D eigenvalue weighted by Gasteiger charge is 2.21. The molecule has 0 saturated carbocycles. The Labute approximate surface area is 158 Å². The molecule has 2 heterocycles. The van der Waals surface area contributed by atoms with Crippen molar-refractivity contribution in [3.05, 3.63) is 46.1 Å². The Bertz CT molecular complexity index is 1000. The van der Waals surface area contributed by atoms with E-state index in [0.717, 1.165) is 37.8 Å². The zero-order valence-corrected chi connectivity index (χ0v) is 16.3. The van der Waals surface area contributed by atoms with Crippen molar-refractivity contribution in [2.45, 2.75) is 38.0 Å². The van der Waals surface area contributed by atoms with Gasteiger partial charge in [-0.1, -0.05) is 11.8 Å². The number of anilines is 1. The van der Waals surface area contributed by atoms with Crippen molar-refractivity contribution in [1.29, 1.82) is 0 Å². The highest BCUT2D eigenvalue weighted by molar-refractivity contribution is 8.00. The monoisotopic (exact) mass is 393 g/mol. The Balaban J connectivity index is 1.84. The van der Waals surface area contributed by atoms with Gasteiger partial charge in [0.25, 0.3) is 0 Å². The minimum absolute atomic E-state index is 0.0459. The van der Waals surface area contributed by atoms with Crippen molar-refractivity contribution >= 4 is 44.9 Å². The number of fused-ring (bicyclic) bond motifs is 1. The molecule has 2 aromatic heterocycles. The van der Waals surface area contributed by atoms with Gasteiger partial charge in [-0.15, -0.1) is 11.3 Å². The van der Waals surface area contributed by atoms with E-state index in [9.17, 15) is 13.6 Å². The van der Waals surface area contributed by atoms with Gasteiger partial charge in [0.15, 0.2) is 0 Å². The van der Waals surface area contributed by atoms with Crippen LogP contribution in [0.4, 0.5) is 14.5 Å². The number of hydrogen-bond acceptors (Lipinski definition) is 5. The van der Waals surface area contributed by atoms with Crippen LogP contribution in [0.1, 0.15) is 23.2 Å². The maximum absolute atomic E-state index is 13.7. The maximum Gasteiger partial charge on any atom is 0.237 e. The molecule has 0 aliphatic carbocycles. The molecule has 0 saturated heterocycles. The molecule has 136 valence electrons. The van der Waals surface area contributed by atoms with Crippen molar-refractivity contribution in [3.63, 3.8) is 0 Å². The molecule has 1 amide bonds. The number of nitrogens with one attached hydrogen (secondary N) is 1. The molecular weight excluding hydrogens is 376 g/mol. The van der Waals surface area contributed by atoms with Gasteiger partial charge < -0.3 is 5.32 Å². The fourth-order valence-corrected chi connectivity index (χ4v) is 4.64. The fourth-order valence-electron chi connectivity index (χ4n) is 2.45. The van der Waals surface area contributed by atoms with E-state index < -0.39 is 16.9 Å². The van der Waals surface area contributed by atoms with Crippen LogP contribution in [0.15, 0.2) is 23.2 Å². The molecule has 1 N–H and O–H groups in total. The van der Waals surface area contributed by atoms with Gasteiger partial charge >= 0.3 is 0 Å². The molecule has 4 nitrogen and oxygen atoms in total. The topological polar surface area (TPSA) is 54.9 Å². The van der Waals surface area contributed by atoms with Gasteiger partial charge in [-0.2, -0.15) is 0 Å². The highest BCUT2D eigenvalue weighted by atomic mass is 32.2. The molecule has 0 spiro atoms. The molecule has 0 bridgehead atoms. The van der Waals surface area contributed by atoms with Crippen LogP contribution in [-0.2, 0) is 4.79 Å². The standard InChI is InChI=1S/C18H17F2N3OS2/c1-8-9(2)25-17-15(8)18(22-11(4)21-17)26-10(3)16(24)23-14-6-5-12(19)7-13(14)20/h5-7,10H,1-4H3,(H,23,24)/t10-/m0/s1. The van der Waals surface area contributed by atoms with E-state index in [1.807, 2.05) is 20.8 Å². The average molecular weight is 393 g/mol. The van der Waals surface area contributed by atoms with Gasteiger partial charge in [0.05, 0.1) is 10.9 Å². The Kier molecular flexibility index (Phi) is 5.24. The molecule has 26 heavy (non-hydrogen) atoms. The summed E-state index contributed by atoms with van der Waals surface area (Å²) >= 11 is 2.90. The van der Waals surface area contributed by atoms with E-state index in [1.54, 1.807) is 18.3 Å². The van der Waals surface area contributed by atoms with Crippen LogP contribution in [0.2, 0.25) is 0 Å². The van der Waals surface area contributed by atoms with Gasteiger partial charge in [-0.25, -0.2) is 18.7 Å². The number of carbonyl (C=O) groups is 1. The number of aromatic nitrogens is 2. The minimum atomic E-state index is -0.805. The summed E-state index contributed by atoms with van der Waals surface area (Å²) in [4.78, 5) is 23.4. The normalized spacial score (nSPS) is 12.4. The van der Waals surface area contributed by atoms with E-state index in [2.05, 4.69) is 15.3 Å². The first-order valence-corrected chi connectivity index (χ1v) is 9.62. The van der Waals surface area contributed by atoms with Crippen LogP contribution in [0.25, 0.3) is 10.2 Å². The van der Waals surface area contributed by atoms with Crippen molar-refractivity contribution in [3.8, 4) is 0 Å². The molecule has 0 aliphatic heterocycles. The van der Waals surface area contributed by atoms with Crippen molar-refractivity contribution < 1.29 is 13.6 Å². The number of carbonyl (C=O) groups excluding carboxylic acids is 1. The molecule has 3 rings (SSSR count). The molecule has 1 aromatic carbocycles. The van der Waals surface area contributed by atoms with Crippen molar-refractivity contribution in [2.24, 2.45) is 0 Å². The lowest BCUT2D eigenvalue weighted by molar-refractivity contribution is -0.115. The predicted octanol–water partition coefficient (Wildman–Crippen LogP) is 5.01. The van der Waals surface area contributed by atoms with Crippen LogP contribution >= 0.6 is 23.1 Å². The quantitative estimate of drug-likeness (QED) is 0.500. The van der Waals surface area contributed by atoms with Crippen LogP contribution in [0.5, 0.6) is 0 Å². The number of thioether (sulfide) groups is 1. The number of amides is 1. The molecule has 3 aromatic rings. The zero-order chi connectivity index (χ0) is 19.0. The van der Waals surface area contributed by atoms with Crippen LogP contribution in [0, 0.1) is 32.4 Å². The Hall–Kier alpha value is -2.06. The minimum Gasteiger partial charge on any atom is -0.323 e. The highest BCUT2D eigenvalue weighted by Crippen LogP contribution is 2.36. The number of nitrogens with zero attached hydrogens (tertiary/aromatic N) is 2. The largest absolute Gasteiger partial charge is 0.323 e. The van der Waals surface area contributed by atoms with E-state index in [-0.39, 0.29) is 11.6 Å². The zero-order valence-electron chi connectivity index (χ0n) is 14.7. The van der Waals surface area contributed by atoms with Gasteiger partial charge in [-0.3, -0.25) is 4.79 Å². The summed E-state index contributed by atoms with van der Waals surface area (Å²) in [6.07, 6.45) is 0. The number of aryl methyl sites for hydroxylation is 3. The summed E-state index contributed by atoms with van der Waals surface area (Å²) in [5.41, 5.74) is 1.06. The summed E-state index contributed by atoms with van der Waals surface area (Å²) in [6.45, 7) is 7.57. The summed E-state index contributed by atoms with van der Waals surface area (Å²) in [5, 5.41) is 3.67. The molecule has 0 aliphatic rings. The number of rotatable bonds is 4. The van der Waals surface area contributed by atoms with Crippen LogP contribution in [0.3, 0.4) is 0 Å². The SMILES string of the molecule is Cc1nc(S[C@@H](C)C(=O)Nc2ccc(F)cc2F)c2c(C)c(C)sc2n1. The first-order valence-electron chi connectivity index (χ1n) is 7.93. The average Bonchev–Trinajstić information content (AvgIpc) is 2.84. The lowest BCUT2D eigenvalue weighted by Crippen LogP contribution is -2.23. The van der Waals surface area contributed by atoms with E-state index in [0.29, 0.717) is 5.82 Å². The number of hydrogen-bond donors (Lipinski definition) is 1. The summed E-state index contributed by atoms with van der Waals surface area (Å²) in [7, 11) is 0. The molecule has 0 radical (unpaired) electrons. The van der Waals surface area contributed by atoms with Gasteiger partial charge in [0, 0.05) is 16.3 Å². The third-order valence-electron chi connectivity index (χ3n) is 3.95. The third-order valence-corrected chi connectivity index (χ3v) is 6.14. The summed E-state index contributed by atoms with van der Waals surface area (Å²) < 4.78 is 26.7. The second-order valence-corrected chi connectivity index (χ2v) is 8.45. The number of benzene rings is 1. The molecular formula is C18H17F2N3OS2. The number of halogens is 2. The van der Waals surface area contributed by atoms with E-state index in [1.165, 1.54) is 17.8 Å². The van der Waals surface area contributed by atoms with E-state index in [4.69, 9.17) is 0 Å². The Morgan fingerprint density at radius 1 is 1.23 bits per heavy atom.